The fourth-order valence-corrected chi connectivity index (χ4v) is 5.54. The van der Waals surface area contributed by atoms with Crippen molar-refractivity contribution in [3.63, 3.8) is 0 Å². The third-order valence-electron chi connectivity index (χ3n) is 6.36. The molecule has 0 bridgehead atoms. The Bertz CT molecular complexity index is 1470. The smallest absolute Gasteiger partial charge is 0.241 e. The van der Waals surface area contributed by atoms with Crippen molar-refractivity contribution in [2.75, 3.05) is 12.0 Å². The Morgan fingerprint density at radius 3 is 1.48 bits per heavy atom. The molecule has 6 rings (SSSR count). The van der Waals surface area contributed by atoms with E-state index in [0.29, 0.717) is 11.1 Å². The first kappa shape index (κ1) is 28.1. The molecule has 0 saturated carbocycles. The summed E-state index contributed by atoms with van der Waals surface area (Å²) in [6.45, 7) is 0. The molecule has 0 N–H and O–H groups in total. The van der Waals surface area contributed by atoms with Crippen LogP contribution in [0, 0.1) is 11.6 Å². The molecular formula is C24H20F6N6O2S2. The molecule has 8 nitrogen and oxygen atoms in total. The van der Waals surface area contributed by atoms with Crippen LogP contribution in [-0.4, -0.2) is 50.0 Å². The van der Waals surface area contributed by atoms with E-state index in [-0.39, 0.29) is 34.8 Å². The quantitative estimate of drug-likeness (QED) is 0.291. The number of hydrogen-bond acceptors (Lipinski definition) is 6. The second-order valence-electron chi connectivity index (χ2n) is 8.85. The molecule has 0 amide bonds. The minimum atomic E-state index is -1.99. The summed E-state index contributed by atoms with van der Waals surface area (Å²) in [7, 11) is -3.98. The van der Waals surface area contributed by atoms with Crippen LogP contribution in [-0.2, 0) is 21.6 Å². The molecule has 2 aromatic heterocycles. The first-order valence-electron chi connectivity index (χ1n) is 11.8. The minimum Gasteiger partial charge on any atom is -0.248 e. The van der Waals surface area contributed by atoms with E-state index >= 15 is 0 Å². The van der Waals surface area contributed by atoms with Crippen molar-refractivity contribution in [2.45, 2.75) is 47.6 Å². The topological polar surface area (TPSA) is 95.6 Å². The van der Waals surface area contributed by atoms with Crippen molar-refractivity contribution in [3.05, 3.63) is 82.9 Å². The third-order valence-corrected chi connectivity index (χ3v) is 7.92. The Morgan fingerprint density at radius 2 is 1.12 bits per heavy atom. The number of alkyl halides is 4. The highest BCUT2D eigenvalue weighted by Gasteiger charge is 2.37. The van der Waals surface area contributed by atoms with Gasteiger partial charge in [0, 0.05) is 12.8 Å². The second-order valence-corrected chi connectivity index (χ2v) is 11.4. The molecule has 0 saturated heterocycles. The number of aromatic nitrogens is 6. The monoisotopic (exact) mass is 602 g/mol. The number of hydrogen-bond donors (Lipinski definition) is 0. The molecule has 0 unspecified atom stereocenters. The van der Waals surface area contributed by atoms with Crippen LogP contribution in [0.5, 0.6) is 0 Å². The molecule has 6 atom stereocenters. The molecule has 2 aromatic carbocycles. The first-order valence-corrected chi connectivity index (χ1v) is 14.4. The van der Waals surface area contributed by atoms with Gasteiger partial charge in [-0.3, -0.25) is 0 Å². The standard InChI is InChI=1S/2C12H10F3N3OS/c2*13-6-20(19)12-16-11-9(15)5-10(18(11)17-12)7-2-1-3-8(14)4-7/h2*1-4,9-10H,5-6H2/t9-,10-,20+;9-,10-,20-/m00/s1. The highest BCUT2D eigenvalue weighted by atomic mass is 32.2. The van der Waals surface area contributed by atoms with Gasteiger partial charge in [0.25, 0.3) is 0 Å². The van der Waals surface area contributed by atoms with Gasteiger partial charge in [-0.2, -0.15) is 0 Å². The van der Waals surface area contributed by atoms with E-state index in [4.69, 9.17) is 0 Å². The number of fused-ring (bicyclic) bond motifs is 2. The van der Waals surface area contributed by atoms with Gasteiger partial charge in [0.2, 0.25) is 10.3 Å². The lowest BCUT2D eigenvalue weighted by Gasteiger charge is -2.11. The highest BCUT2D eigenvalue weighted by molar-refractivity contribution is 7.84. The fraction of sp³-hybridized carbons (Fsp3) is 0.333. The van der Waals surface area contributed by atoms with Crippen molar-refractivity contribution in [1.82, 2.24) is 29.5 Å². The van der Waals surface area contributed by atoms with Gasteiger partial charge in [-0.15, -0.1) is 10.2 Å². The second kappa shape index (κ2) is 11.6. The number of halogens is 6. The van der Waals surface area contributed by atoms with Crippen LogP contribution in [0.2, 0.25) is 0 Å². The fourth-order valence-electron chi connectivity index (χ4n) is 4.59. The molecule has 0 spiro atoms. The Balaban J connectivity index is 0.000000161. The van der Waals surface area contributed by atoms with Gasteiger partial charge >= 0.3 is 0 Å². The predicted molar refractivity (Wildman–Crippen MR) is 131 cm³/mol. The maximum absolute atomic E-state index is 13.9. The van der Waals surface area contributed by atoms with E-state index in [1.165, 1.54) is 45.8 Å². The van der Waals surface area contributed by atoms with E-state index in [1.807, 2.05) is 0 Å². The lowest BCUT2D eigenvalue weighted by Crippen LogP contribution is -2.08. The first-order chi connectivity index (χ1) is 19.2. The largest absolute Gasteiger partial charge is 0.248 e. The maximum atomic E-state index is 13.9. The number of benzene rings is 2. The van der Waals surface area contributed by atoms with E-state index in [2.05, 4.69) is 20.2 Å². The van der Waals surface area contributed by atoms with Crippen molar-refractivity contribution in [1.29, 1.82) is 0 Å². The van der Waals surface area contributed by atoms with Gasteiger partial charge < -0.3 is 0 Å². The van der Waals surface area contributed by atoms with Crippen LogP contribution in [0.15, 0.2) is 58.8 Å². The maximum Gasteiger partial charge on any atom is 0.241 e. The molecule has 4 heterocycles. The average Bonchev–Trinajstić information content (AvgIpc) is 3.71. The SMILES string of the molecule is O=[S@@](CF)c1nc2n(n1)[C@H](c1cccc(F)c1)C[C@@H]2F.O=[S@](CF)c1nc2n(n1)[C@H](c1cccc(F)c1)C[C@@H]2F. The van der Waals surface area contributed by atoms with Gasteiger partial charge in [-0.25, -0.2) is 54.1 Å². The zero-order valence-electron chi connectivity index (χ0n) is 20.3. The Hall–Kier alpha value is -3.40. The summed E-state index contributed by atoms with van der Waals surface area (Å²) in [5, 5.41) is 7.34. The molecule has 2 aliphatic rings. The molecule has 0 radical (unpaired) electrons. The summed E-state index contributed by atoms with van der Waals surface area (Å²) in [5.74, 6) is -0.842. The molecule has 4 aromatic rings. The summed E-state index contributed by atoms with van der Waals surface area (Å²) >= 11 is 0. The summed E-state index contributed by atoms with van der Waals surface area (Å²) in [4.78, 5) is 7.57. The van der Waals surface area contributed by atoms with E-state index in [9.17, 15) is 34.8 Å². The predicted octanol–water partition coefficient (Wildman–Crippen LogP) is 4.91. The molecule has 0 fully saturated rings. The summed E-state index contributed by atoms with van der Waals surface area (Å²) < 4.78 is 104. The average molecular weight is 603 g/mol. The van der Waals surface area contributed by atoms with Crippen molar-refractivity contribution >= 4 is 21.6 Å². The number of nitrogens with zero attached hydrogens (tertiary/aromatic N) is 6. The molecular weight excluding hydrogens is 582 g/mol. The van der Waals surface area contributed by atoms with Crippen LogP contribution in [0.25, 0.3) is 0 Å². The molecule has 40 heavy (non-hydrogen) atoms. The molecule has 16 heteroatoms. The van der Waals surface area contributed by atoms with Crippen LogP contribution in [0.4, 0.5) is 26.3 Å². The van der Waals surface area contributed by atoms with Gasteiger partial charge in [-0.1, -0.05) is 24.3 Å². The summed E-state index contributed by atoms with van der Waals surface area (Å²) in [6.07, 6.45) is -2.61. The van der Waals surface area contributed by atoms with E-state index in [0.717, 1.165) is 0 Å². The van der Waals surface area contributed by atoms with Gasteiger partial charge in [0.15, 0.2) is 36.0 Å². The van der Waals surface area contributed by atoms with Crippen molar-refractivity contribution in [3.8, 4) is 0 Å². The number of rotatable bonds is 6. The zero-order chi connectivity index (χ0) is 28.6. The van der Waals surface area contributed by atoms with Gasteiger partial charge in [-0.05, 0) is 35.4 Å². The minimum absolute atomic E-state index is 0.0102. The highest BCUT2D eigenvalue weighted by Crippen LogP contribution is 2.40. The summed E-state index contributed by atoms with van der Waals surface area (Å²) in [5.41, 5.74) is 1.10. The lowest BCUT2D eigenvalue weighted by atomic mass is 10.0. The van der Waals surface area contributed by atoms with Crippen molar-refractivity contribution in [2.24, 2.45) is 0 Å². The van der Waals surface area contributed by atoms with Crippen LogP contribution >= 0.6 is 0 Å². The van der Waals surface area contributed by atoms with E-state index in [1.54, 1.807) is 12.1 Å². The molecule has 212 valence electrons. The molecule has 2 aliphatic heterocycles. The Morgan fingerprint density at radius 1 is 0.725 bits per heavy atom. The van der Waals surface area contributed by atoms with Crippen LogP contribution < -0.4 is 0 Å². The molecule has 0 aliphatic carbocycles. The summed E-state index contributed by atoms with van der Waals surface area (Å²) in [6, 6.07) is 8.24. The van der Waals surface area contributed by atoms with Gasteiger partial charge in [0.1, 0.15) is 33.2 Å². The normalized spacial score (nSPS) is 22.8. The van der Waals surface area contributed by atoms with Crippen LogP contribution in [0.3, 0.4) is 0 Å². The van der Waals surface area contributed by atoms with Crippen LogP contribution in [0.1, 0.15) is 60.0 Å². The van der Waals surface area contributed by atoms with E-state index < -0.39 is 69.7 Å². The lowest BCUT2D eigenvalue weighted by molar-refractivity contribution is 0.326. The van der Waals surface area contributed by atoms with Gasteiger partial charge in [0.05, 0.1) is 12.1 Å². The third kappa shape index (κ3) is 5.46. The Labute approximate surface area is 228 Å². The zero-order valence-corrected chi connectivity index (χ0v) is 22.0. The van der Waals surface area contributed by atoms with Crippen molar-refractivity contribution < 1.29 is 34.8 Å². The Kier molecular flexibility index (Phi) is 8.16.